The highest BCUT2D eigenvalue weighted by atomic mass is 16.2. The second-order valence-corrected chi connectivity index (χ2v) is 6.06. The topological polar surface area (TPSA) is 73.5 Å². The van der Waals surface area contributed by atoms with Gasteiger partial charge in [-0.25, -0.2) is 4.79 Å². The van der Waals surface area contributed by atoms with E-state index in [1.54, 1.807) is 0 Å². The molecule has 0 aromatic heterocycles. The fourth-order valence-electron chi connectivity index (χ4n) is 3.60. The molecular formula is C15H28N4O2. The molecule has 0 spiro atoms. The second kappa shape index (κ2) is 7.75. The summed E-state index contributed by atoms with van der Waals surface area (Å²) in [5.41, 5.74) is 0. The Balaban J connectivity index is 1.91. The lowest BCUT2D eigenvalue weighted by atomic mass is 9.88. The average molecular weight is 296 g/mol. The molecule has 0 radical (unpaired) electrons. The Labute approximate surface area is 127 Å². The van der Waals surface area contributed by atoms with Gasteiger partial charge in [0.2, 0.25) is 5.91 Å². The van der Waals surface area contributed by atoms with E-state index in [4.69, 9.17) is 0 Å². The van der Waals surface area contributed by atoms with E-state index >= 15 is 0 Å². The molecule has 0 saturated carbocycles. The molecule has 2 saturated heterocycles. The summed E-state index contributed by atoms with van der Waals surface area (Å²) in [6.45, 7) is 7.38. The van der Waals surface area contributed by atoms with Gasteiger partial charge in [0.25, 0.3) is 0 Å². The van der Waals surface area contributed by atoms with Crippen molar-refractivity contribution in [1.29, 1.82) is 0 Å². The Morgan fingerprint density at radius 3 is 2.67 bits per heavy atom. The van der Waals surface area contributed by atoms with Crippen molar-refractivity contribution in [3.8, 4) is 0 Å². The van der Waals surface area contributed by atoms with Gasteiger partial charge < -0.3 is 10.6 Å². The molecular weight excluding hydrogens is 268 g/mol. The molecule has 3 amide bonds. The minimum atomic E-state index is -0.396. The standard InChI is InChI=1S/C15H28N4O2/c1-3-17-15(21)18-14(20)11(2)19-10-4-5-13(19)12-6-8-16-9-7-12/h11-13,16H,3-10H2,1-2H3,(H2,17,18,20,21). The summed E-state index contributed by atoms with van der Waals surface area (Å²) in [5.74, 6) is 0.482. The molecule has 0 aliphatic carbocycles. The van der Waals surface area contributed by atoms with E-state index in [0.29, 0.717) is 18.5 Å². The lowest BCUT2D eigenvalue weighted by Gasteiger charge is -2.36. The summed E-state index contributed by atoms with van der Waals surface area (Å²) in [7, 11) is 0. The average Bonchev–Trinajstić information content (AvgIpc) is 2.96. The van der Waals surface area contributed by atoms with E-state index in [1.807, 2.05) is 13.8 Å². The molecule has 3 N–H and O–H groups in total. The maximum absolute atomic E-state index is 12.2. The Hall–Kier alpha value is -1.14. The third-order valence-corrected chi connectivity index (χ3v) is 4.72. The van der Waals surface area contributed by atoms with Gasteiger partial charge in [-0.3, -0.25) is 15.0 Å². The molecule has 2 fully saturated rings. The van der Waals surface area contributed by atoms with Crippen LogP contribution in [0.2, 0.25) is 0 Å². The number of amides is 3. The highest BCUT2D eigenvalue weighted by Gasteiger charge is 2.37. The lowest BCUT2D eigenvalue weighted by molar-refractivity contribution is -0.125. The number of nitrogens with one attached hydrogen (secondary N) is 3. The van der Waals surface area contributed by atoms with Gasteiger partial charge in [0, 0.05) is 12.6 Å². The van der Waals surface area contributed by atoms with Crippen LogP contribution in [-0.4, -0.2) is 55.1 Å². The Kier molecular flexibility index (Phi) is 5.99. The Bertz CT molecular complexity index is 369. The lowest BCUT2D eigenvalue weighted by Crippen LogP contribution is -2.53. The van der Waals surface area contributed by atoms with Crippen molar-refractivity contribution >= 4 is 11.9 Å². The SMILES string of the molecule is CCNC(=O)NC(=O)C(C)N1CCCC1C1CCNCC1. The maximum atomic E-state index is 12.2. The molecule has 2 aliphatic heterocycles. The summed E-state index contributed by atoms with van der Waals surface area (Å²) in [6, 6.07) is -0.149. The number of imide groups is 1. The number of likely N-dealkylation sites (tertiary alicyclic amines) is 1. The highest BCUT2D eigenvalue weighted by Crippen LogP contribution is 2.30. The van der Waals surface area contributed by atoms with Crippen molar-refractivity contribution in [2.75, 3.05) is 26.2 Å². The molecule has 2 atom stereocenters. The molecule has 2 aliphatic rings. The fraction of sp³-hybridized carbons (Fsp3) is 0.867. The Morgan fingerprint density at radius 1 is 1.29 bits per heavy atom. The number of carbonyl (C=O) groups is 2. The predicted octanol–water partition coefficient (Wildman–Crippen LogP) is 0.685. The molecule has 2 unspecified atom stereocenters. The monoisotopic (exact) mass is 296 g/mol. The molecule has 0 bridgehead atoms. The summed E-state index contributed by atoms with van der Waals surface area (Å²) in [4.78, 5) is 26.0. The third kappa shape index (κ3) is 4.17. The smallest absolute Gasteiger partial charge is 0.321 e. The van der Waals surface area contributed by atoms with E-state index < -0.39 is 6.03 Å². The van der Waals surface area contributed by atoms with Crippen LogP contribution in [0.4, 0.5) is 4.79 Å². The molecule has 0 aromatic rings. The number of hydrogen-bond donors (Lipinski definition) is 3. The number of urea groups is 1. The van der Waals surface area contributed by atoms with Crippen LogP contribution in [0.25, 0.3) is 0 Å². The quantitative estimate of drug-likeness (QED) is 0.713. The van der Waals surface area contributed by atoms with Crippen LogP contribution in [0, 0.1) is 5.92 Å². The van der Waals surface area contributed by atoms with Crippen molar-refractivity contribution in [3.05, 3.63) is 0 Å². The molecule has 21 heavy (non-hydrogen) atoms. The van der Waals surface area contributed by atoms with E-state index in [2.05, 4.69) is 20.9 Å². The first-order valence-corrected chi connectivity index (χ1v) is 8.18. The van der Waals surface area contributed by atoms with Gasteiger partial charge >= 0.3 is 6.03 Å². The van der Waals surface area contributed by atoms with Gasteiger partial charge in [0.05, 0.1) is 6.04 Å². The zero-order chi connectivity index (χ0) is 15.2. The van der Waals surface area contributed by atoms with Gasteiger partial charge in [-0.15, -0.1) is 0 Å². The van der Waals surface area contributed by atoms with Crippen LogP contribution in [-0.2, 0) is 4.79 Å². The second-order valence-electron chi connectivity index (χ2n) is 6.06. The normalized spacial score (nSPS) is 25.5. The van der Waals surface area contributed by atoms with Crippen LogP contribution < -0.4 is 16.0 Å². The fourth-order valence-corrected chi connectivity index (χ4v) is 3.60. The van der Waals surface area contributed by atoms with Crippen LogP contribution in [0.15, 0.2) is 0 Å². The van der Waals surface area contributed by atoms with E-state index in [0.717, 1.165) is 26.1 Å². The van der Waals surface area contributed by atoms with Crippen LogP contribution in [0.3, 0.4) is 0 Å². The van der Waals surface area contributed by atoms with Gasteiger partial charge in [-0.1, -0.05) is 0 Å². The zero-order valence-corrected chi connectivity index (χ0v) is 13.2. The number of piperidine rings is 1. The van der Waals surface area contributed by atoms with Gasteiger partial charge in [0.1, 0.15) is 0 Å². The summed E-state index contributed by atoms with van der Waals surface area (Å²) in [5, 5.41) is 8.43. The molecule has 120 valence electrons. The van der Waals surface area contributed by atoms with Crippen molar-refractivity contribution in [2.24, 2.45) is 5.92 Å². The van der Waals surface area contributed by atoms with E-state index in [1.165, 1.54) is 19.3 Å². The van der Waals surface area contributed by atoms with Gasteiger partial charge in [-0.05, 0) is 65.1 Å². The number of hydrogen-bond acceptors (Lipinski definition) is 4. The van der Waals surface area contributed by atoms with Crippen LogP contribution in [0.5, 0.6) is 0 Å². The Morgan fingerprint density at radius 2 is 2.00 bits per heavy atom. The minimum Gasteiger partial charge on any atom is -0.338 e. The van der Waals surface area contributed by atoms with Crippen molar-refractivity contribution in [3.63, 3.8) is 0 Å². The third-order valence-electron chi connectivity index (χ3n) is 4.72. The largest absolute Gasteiger partial charge is 0.338 e. The van der Waals surface area contributed by atoms with Gasteiger partial charge in [-0.2, -0.15) is 0 Å². The number of nitrogens with zero attached hydrogens (tertiary/aromatic N) is 1. The number of rotatable bonds is 4. The van der Waals surface area contributed by atoms with Crippen molar-refractivity contribution < 1.29 is 9.59 Å². The summed E-state index contributed by atoms with van der Waals surface area (Å²) in [6.07, 6.45) is 4.69. The summed E-state index contributed by atoms with van der Waals surface area (Å²) >= 11 is 0. The first kappa shape index (κ1) is 16.2. The van der Waals surface area contributed by atoms with Crippen LogP contribution in [0.1, 0.15) is 39.5 Å². The predicted molar refractivity (Wildman–Crippen MR) is 82.0 cm³/mol. The zero-order valence-electron chi connectivity index (χ0n) is 13.2. The maximum Gasteiger partial charge on any atom is 0.321 e. The van der Waals surface area contributed by atoms with Crippen molar-refractivity contribution in [2.45, 2.75) is 51.6 Å². The highest BCUT2D eigenvalue weighted by molar-refractivity contribution is 5.96. The summed E-state index contributed by atoms with van der Waals surface area (Å²) < 4.78 is 0. The van der Waals surface area contributed by atoms with E-state index in [-0.39, 0.29) is 11.9 Å². The first-order valence-electron chi connectivity index (χ1n) is 8.18. The van der Waals surface area contributed by atoms with E-state index in [9.17, 15) is 9.59 Å². The van der Waals surface area contributed by atoms with Gasteiger partial charge in [0.15, 0.2) is 0 Å². The molecule has 2 heterocycles. The van der Waals surface area contributed by atoms with Crippen molar-refractivity contribution in [1.82, 2.24) is 20.9 Å². The molecule has 6 nitrogen and oxygen atoms in total. The first-order chi connectivity index (χ1) is 10.1. The minimum absolute atomic E-state index is 0.193. The van der Waals surface area contributed by atoms with Crippen LogP contribution >= 0.6 is 0 Å². The number of carbonyl (C=O) groups excluding carboxylic acids is 2. The molecule has 2 rings (SSSR count). The molecule has 0 aromatic carbocycles. The molecule has 6 heteroatoms.